The molecule has 1 aromatic rings. The number of carbonyl (C=O) groups is 2. The summed E-state index contributed by atoms with van der Waals surface area (Å²) in [5.41, 5.74) is 0.577. The van der Waals surface area contributed by atoms with Gasteiger partial charge in [-0.3, -0.25) is 24.4 Å². The van der Waals surface area contributed by atoms with Crippen molar-refractivity contribution in [3.8, 4) is 5.75 Å². The summed E-state index contributed by atoms with van der Waals surface area (Å²) in [6.45, 7) is 4.66. The van der Waals surface area contributed by atoms with E-state index in [2.05, 4.69) is 9.88 Å². The smallest absolute Gasteiger partial charge is 0.317 e. The van der Waals surface area contributed by atoms with E-state index in [9.17, 15) is 14.7 Å². The molecule has 1 aromatic heterocycles. The Balaban J connectivity index is 2.04. The number of aromatic hydroxyl groups is 1. The molecule has 1 aliphatic heterocycles. The average Bonchev–Trinajstić information content (AvgIpc) is 2.67. The first kappa shape index (κ1) is 20.1. The minimum atomic E-state index is -0.879. The Bertz CT molecular complexity index is 613. The summed E-state index contributed by atoms with van der Waals surface area (Å²) in [7, 11) is 0. The molecular weight excluding hydrogens is 340 g/mol. The SMILES string of the molecule is O=C(O)CCN1CCN(CC(=O)O)CCN(Cc2ncccc2O)CC1. The summed E-state index contributed by atoms with van der Waals surface area (Å²) in [5.74, 6) is -1.59. The lowest BCUT2D eigenvalue weighted by molar-refractivity contribution is -0.138. The van der Waals surface area contributed by atoms with Crippen molar-refractivity contribution in [1.82, 2.24) is 19.7 Å². The maximum atomic E-state index is 11.1. The second-order valence-electron chi connectivity index (χ2n) is 6.40. The van der Waals surface area contributed by atoms with Crippen molar-refractivity contribution in [3.63, 3.8) is 0 Å². The first-order valence-corrected chi connectivity index (χ1v) is 8.67. The van der Waals surface area contributed by atoms with Crippen molar-refractivity contribution >= 4 is 11.9 Å². The van der Waals surface area contributed by atoms with Gasteiger partial charge in [0.25, 0.3) is 0 Å². The Morgan fingerprint density at radius 3 is 2.15 bits per heavy atom. The first-order chi connectivity index (χ1) is 12.4. The Hall–Kier alpha value is -2.23. The van der Waals surface area contributed by atoms with Crippen molar-refractivity contribution in [3.05, 3.63) is 24.0 Å². The van der Waals surface area contributed by atoms with Gasteiger partial charge in [0.15, 0.2) is 0 Å². The molecule has 0 atom stereocenters. The molecule has 0 bridgehead atoms. The summed E-state index contributed by atoms with van der Waals surface area (Å²) in [5, 5.41) is 27.9. The van der Waals surface area contributed by atoms with E-state index in [1.165, 1.54) is 0 Å². The first-order valence-electron chi connectivity index (χ1n) is 8.67. The second-order valence-corrected chi connectivity index (χ2v) is 6.40. The summed E-state index contributed by atoms with van der Waals surface area (Å²) in [6, 6.07) is 3.26. The number of pyridine rings is 1. The topological polar surface area (TPSA) is 117 Å². The lowest BCUT2D eigenvalue weighted by Gasteiger charge is -2.25. The Morgan fingerprint density at radius 2 is 1.58 bits per heavy atom. The molecule has 3 N–H and O–H groups in total. The van der Waals surface area contributed by atoms with Crippen LogP contribution in [-0.2, 0) is 16.1 Å². The third-order valence-corrected chi connectivity index (χ3v) is 4.44. The fourth-order valence-corrected chi connectivity index (χ4v) is 2.93. The number of aromatic nitrogens is 1. The van der Waals surface area contributed by atoms with Crippen LogP contribution in [0.4, 0.5) is 0 Å². The number of aliphatic carboxylic acids is 2. The van der Waals surface area contributed by atoms with Gasteiger partial charge in [-0.1, -0.05) is 0 Å². The highest BCUT2D eigenvalue weighted by Crippen LogP contribution is 2.15. The lowest BCUT2D eigenvalue weighted by atomic mass is 10.3. The van der Waals surface area contributed by atoms with Crippen LogP contribution in [0.2, 0.25) is 0 Å². The minimum absolute atomic E-state index is 0.0462. The molecule has 0 spiro atoms. The summed E-state index contributed by atoms with van der Waals surface area (Å²) in [6.07, 6.45) is 1.68. The van der Waals surface area contributed by atoms with Crippen LogP contribution in [0.25, 0.3) is 0 Å². The molecule has 1 fully saturated rings. The van der Waals surface area contributed by atoms with Crippen molar-refractivity contribution in [2.75, 3.05) is 52.4 Å². The predicted molar refractivity (Wildman–Crippen MR) is 93.9 cm³/mol. The molecule has 26 heavy (non-hydrogen) atoms. The number of carboxylic acids is 2. The highest BCUT2D eigenvalue weighted by atomic mass is 16.4. The van der Waals surface area contributed by atoms with Gasteiger partial charge >= 0.3 is 11.9 Å². The molecule has 1 aliphatic rings. The Morgan fingerprint density at radius 1 is 0.962 bits per heavy atom. The standard InChI is InChI=1S/C17H26N4O5/c22-15-2-1-4-18-14(15)12-20-8-6-19(5-3-16(23)24)7-9-21(11-10-20)13-17(25)26/h1-2,4,22H,3,5-13H2,(H,23,24)(H,25,26). The number of carboxylic acid groups (broad SMARTS) is 2. The zero-order valence-electron chi connectivity index (χ0n) is 14.8. The molecule has 1 saturated heterocycles. The third kappa shape index (κ3) is 6.95. The quantitative estimate of drug-likeness (QED) is 0.601. The normalized spacial score (nSPS) is 18.0. The van der Waals surface area contributed by atoms with Gasteiger partial charge in [-0.25, -0.2) is 0 Å². The Labute approximate surface area is 152 Å². The monoisotopic (exact) mass is 366 g/mol. The van der Waals surface area contributed by atoms with Crippen LogP contribution in [0.3, 0.4) is 0 Å². The Kier molecular flexibility index (Phi) is 7.76. The van der Waals surface area contributed by atoms with E-state index < -0.39 is 11.9 Å². The number of rotatable bonds is 7. The molecule has 9 heteroatoms. The molecule has 144 valence electrons. The molecule has 9 nitrogen and oxygen atoms in total. The van der Waals surface area contributed by atoms with Gasteiger partial charge in [0, 0.05) is 58.6 Å². The van der Waals surface area contributed by atoms with Gasteiger partial charge in [-0.2, -0.15) is 0 Å². The number of hydrogen-bond donors (Lipinski definition) is 3. The van der Waals surface area contributed by atoms with Crippen LogP contribution in [0.15, 0.2) is 18.3 Å². The van der Waals surface area contributed by atoms with Gasteiger partial charge in [0.05, 0.1) is 18.7 Å². The van der Waals surface area contributed by atoms with Crippen molar-refractivity contribution in [2.24, 2.45) is 0 Å². The maximum Gasteiger partial charge on any atom is 0.317 e. The van der Waals surface area contributed by atoms with E-state index in [1.807, 2.05) is 9.80 Å². The maximum absolute atomic E-state index is 11.1. The molecule has 2 heterocycles. The zero-order valence-corrected chi connectivity index (χ0v) is 14.8. The van der Waals surface area contributed by atoms with Gasteiger partial charge in [-0.15, -0.1) is 0 Å². The van der Waals surface area contributed by atoms with Crippen LogP contribution in [0.1, 0.15) is 12.1 Å². The summed E-state index contributed by atoms with van der Waals surface area (Å²) in [4.78, 5) is 32.1. The molecule has 0 saturated carbocycles. The highest BCUT2D eigenvalue weighted by molar-refractivity contribution is 5.69. The zero-order chi connectivity index (χ0) is 18.9. The molecule has 2 rings (SSSR count). The molecule has 0 aliphatic carbocycles. The molecule has 0 aromatic carbocycles. The average molecular weight is 366 g/mol. The minimum Gasteiger partial charge on any atom is -0.506 e. The van der Waals surface area contributed by atoms with E-state index in [4.69, 9.17) is 10.2 Å². The van der Waals surface area contributed by atoms with E-state index in [0.29, 0.717) is 58.1 Å². The fraction of sp³-hybridized carbons (Fsp3) is 0.588. The van der Waals surface area contributed by atoms with Crippen molar-refractivity contribution in [2.45, 2.75) is 13.0 Å². The fourth-order valence-electron chi connectivity index (χ4n) is 2.93. The van der Waals surface area contributed by atoms with Crippen molar-refractivity contribution in [1.29, 1.82) is 0 Å². The predicted octanol–water partition coefficient (Wildman–Crippen LogP) is -0.234. The summed E-state index contributed by atoms with van der Waals surface area (Å²) >= 11 is 0. The molecular formula is C17H26N4O5. The van der Waals surface area contributed by atoms with Crippen LogP contribution in [0, 0.1) is 0 Å². The van der Waals surface area contributed by atoms with E-state index >= 15 is 0 Å². The second kappa shape index (κ2) is 10.0. The molecule has 0 radical (unpaired) electrons. The largest absolute Gasteiger partial charge is 0.506 e. The van der Waals surface area contributed by atoms with E-state index in [1.54, 1.807) is 18.3 Å². The van der Waals surface area contributed by atoms with Gasteiger partial charge < -0.3 is 20.2 Å². The highest BCUT2D eigenvalue weighted by Gasteiger charge is 2.19. The van der Waals surface area contributed by atoms with Crippen LogP contribution in [-0.4, -0.2) is 99.3 Å². The molecule has 0 unspecified atom stereocenters. The van der Waals surface area contributed by atoms with Gasteiger partial charge in [0.1, 0.15) is 5.75 Å². The van der Waals surface area contributed by atoms with Crippen LogP contribution >= 0.6 is 0 Å². The third-order valence-electron chi connectivity index (χ3n) is 4.44. The van der Waals surface area contributed by atoms with Crippen LogP contribution < -0.4 is 0 Å². The molecule has 0 amide bonds. The summed E-state index contributed by atoms with van der Waals surface area (Å²) < 4.78 is 0. The van der Waals surface area contributed by atoms with Crippen molar-refractivity contribution < 1.29 is 24.9 Å². The number of nitrogens with zero attached hydrogens (tertiary/aromatic N) is 4. The van der Waals surface area contributed by atoms with Crippen LogP contribution in [0.5, 0.6) is 5.75 Å². The van der Waals surface area contributed by atoms with E-state index in [0.717, 1.165) is 0 Å². The van der Waals surface area contributed by atoms with Gasteiger partial charge in [-0.05, 0) is 12.1 Å². The van der Waals surface area contributed by atoms with E-state index in [-0.39, 0.29) is 18.7 Å². The van der Waals surface area contributed by atoms with Gasteiger partial charge in [0.2, 0.25) is 0 Å². The number of hydrogen-bond acceptors (Lipinski definition) is 7. The lowest BCUT2D eigenvalue weighted by Crippen LogP contribution is -2.39.